The number of anilines is 1. The van der Waals surface area contributed by atoms with Gasteiger partial charge in [-0.15, -0.1) is 0 Å². The summed E-state index contributed by atoms with van der Waals surface area (Å²) in [6, 6.07) is 3.63. The molecule has 0 unspecified atom stereocenters. The highest BCUT2D eigenvalue weighted by Gasteiger charge is 2.23. The Bertz CT molecular complexity index is 557. The number of hydrogen-bond donors (Lipinski definition) is 2. The Morgan fingerprint density at radius 2 is 2.12 bits per heavy atom. The second-order valence-corrected chi connectivity index (χ2v) is 5.01. The largest absolute Gasteiger partial charge is 0.333 e. The van der Waals surface area contributed by atoms with E-state index in [1.165, 1.54) is 16.6 Å². The number of nitrogens with one attached hydrogen (secondary N) is 1. The van der Waals surface area contributed by atoms with Crippen LogP contribution < -0.4 is 9.74 Å². The van der Waals surface area contributed by atoms with Gasteiger partial charge in [0.25, 0.3) is 16.0 Å². The highest BCUT2D eigenvalue weighted by atomic mass is 35.5. The standard InChI is InChI=1S/C8H7ClN2O4S/c9-11-4-10-8(12)6-3-5(16(13,14)15)1-2-7(6)11/h1-3H,4H2,(H,10,12)(H,13,14,15). The van der Waals surface area contributed by atoms with Gasteiger partial charge in [-0.3, -0.25) is 13.8 Å². The molecule has 1 heterocycles. The molecule has 0 radical (unpaired) electrons. The van der Waals surface area contributed by atoms with Gasteiger partial charge in [0.2, 0.25) is 0 Å². The quantitative estimate of drug-likeness (QED) is 0.572. The third-order valence-electron chi connectivity index (χ3n) is 2.15. The summed E-state index contributed by atoms with van der Waals surface area (Å²) in [6.07, 6.45) is 0. The number of carbonyl (C=O) groups excluding carboxylic acids is 1. The summed E-state index contributed by atoms with van der Waals surface area (Å²) in [4.78, 5) is 11.1. The Hall–Kier alpha value is -1.31. The minimum atomic E-state index is -4.32. The molecule has 0 fully saturated rings. The van der Waals surface area contributed by atoms with Crippen LogP contribution in [-0.2, 0) is 10.1 Å². The Morgan fingerprint density at radius 3 is 2.75 bits per heavy atom. The third-order valence-corrected chi connectivity index (χ3v) is 3.30. The zero-order chi connectivity index (χ0) is 11.9. The molecule has 0 bridgehead atoms. The van der Waals surface area contributed by atoms with E-state index in [2.05, 4.69) is 5.32 Å². The predicted molar refractivity (Wildman–Crippen MR) is 56.9 cm³/mol. The molecule has 2 N–H and O–H groups in total. The Morgan fingerprint density at radius 1 is 1.44 bits per heavy atom. The van der Waals surface area contributed by atoms with Gasteiger partial charge < -0.3 is 5.32 Å². The van der Waals surface area contributed by atoms with E-state index in [9.17, 15) is 13.2 Å². The number of fused-ring (bicyclic) bond motifs is 1. The van der Waals surface area contributed by atoms with Crippen molar-refractivity contribution in [1.29, 1.82) is 0 Å². The molecule has 16 heavy (non-hydrogen) atoms. The van der Waals surface area contributed by atoms with Gasteiger partial charge in [0.15, 0.2) is 0 Å². The molecule has 86 valence electrons. The van der Waals surface area contributed by atoms with Gasteiger partial charge in [0, 0.05) is 11.8 Å². The summed E-state index contributed by atoms with van der Waals surface area (Å²) < 4.78 is 31.8. The molecule has 0 saturated heterocycles. The number of hydrogen-bond acceptors (Lipinski definition) is 4. The van der Waals surface area contributed by atoms with Crippen molar-refractivity contribution in [3.05, 3.63) is 23.8 Å². The van der Waals surface area contributed by atoms with Crippen LogP contribution in [0.1, 0.15) is 10.4 Å². The van der Waals surface area contributed by atoms with Crippen molar-refractivity contribution < 1.29 is 17.8 Å². The van der Waals surface area contributed by atoms with Crippen LogP contribution in [-0.4, -0.2) is 25.5 Å². The molecule has 0 spiro atoms. The lowest BCUT2D eigenvalue weighted by atomic mass is 10.1. The summed E-state index contributed by atoms with van der Waals surface area (Å²) >= 11 is 5.79. The molecular weight excluding hydrogens is 256 g/mol. The van der Waals surface area contributed by atoms with Crippen LogP contribution in [0.2, 0.25) is 0 Å². The Balaban J connectivity index is 2.61. The summed E-state index contributed by atoms with van der Waals surface area (Å²) in [7, 11) is -4.32. The van der Waals surface area contributed by atoms with E-state index >= 15 is 0 Å². The van der Waals surface area contributed by atoms with Crippen LogP contribution in [0.5, 0.6) is 0 Å². The lowest BCUT2D eigenvalue weighted by Crippen LogP contribution is -2.38. The molecule has 0 saturated carbocycles. The molecule has 0 aromatic heterocycles. The molecule has 6 nitrogen and oxygen atoms in total. The maximum absolute atomic E-state index is 11.4. The van der Waals surface area contributed by atoms with E-state index in [0.29, 0.717) is 5.69 Å². The molecule has 1 aliphatic heterocycles. The van der Waals surface area contributed by atoms with Gasteiger partial charge in [-0.1, -0.05) is 0 Å². The van der Waals surface area contributed by atoms with Crippen LogP contribution in [0.4, 0.5) is 5.69 Å². The van der Waals surface area contributed by atoms with Crippen LogP contribution >= 0.6 is 11.8 Å². The summed E-state index contributed by atoms with van der Waals surface area (Å²) in [5.74, 6) is -0.433. The Labute approximate surface area is 96.7 Å². The lowest BCUT2D eigenvalue weighted by Gasteiger charge is -2.24. The minimum Gasteiger partial charge on any atom is -0.333 e. The third kappa shape index (κ3) is 1.84. The normalized spacial score (nSPS) is 15.6. The van der Waals surface area contributed by atoms with Crippen molar-refractivity contribution in [1.82, 2.24) is 5.32 Å². The second kappa shape index (κ2) is 3.62. The molecule has 8 heteroatoms. The maximum Gasteiger partial charge on any atom is 0.294 e. The van der Waals surface area contributed by atoms with Crippen molar-refractivity contribution in [2.45, 2.75) is 4.90 Å². The first kappa shape index (κ1) is 11.2. The fraction of sp³-hybridized carbons (Fsp3) is 0.125. The number of amides is 1. The highest BCUT2D eigenvalue weighted by Crippen LogP contribution is 2.27. The fourth-order valence-electron chi connectivity index (χ4n) is 1.39. The van der Waals surface area contributed by atoms with Crippen LogP contribution in [0.3, 0.4) is 0 Å². The van der Waals surface area contributed by atoms with Gasteiger partial charge in [-0.05, 0) is 18.2 Å². The maximum atomic E-state index is 11.4. The molecule has 1 aromatic rings. The van der Waals surface area contributed by atoms with E-state index in [-0.39, 0.29) is 17.1 Å². The fourth-order valence-corrected chi connectivity index (χ4v) is 2.10. The SMILES string of the molecule is O=C1NCN(Cl)c2ccc(S(=O)(=O)O)cc21. The minimum absolute atomic E-state index is 0.108. The molecular formula is C8H7ClN2O4S. The van der Waals surface area contributed by atoms with Crippen molar-refractivity contribution in [2.24, 2.45) is 0 Å². The smallest absolute Gasteiger partial charge is 0.294 e. The number of carbonyl (C=O) groups is 1. The molecule has 1 aromatic carbocycles. The number of halogens is 1. The van der Waals surface area contributed by atoms with E-state index in [4.69, 9.17) is 16.3 Å². The van der Waals surface area contributed by atoms with E-state index in [1.807, 2.05) is 0 Å². The van der Waals surface area contributed by atoms with E-state index < -0.39 is 16.0 Å². The summed E-state index contributed by atoms with van der Waals surface area (Å²) in [5.41, 5.74) is 0.509. The molecule has 1 aliphatic rings. The van der Waals surface area contributed by atoms with Gasteiger partial charge in [0.1, 0.15) is 6.67 Å². The topological polar surface area (TPSA) is 86.7 Å². The first-order valence-electron chi connectivity index (χ1n) is 4.22. The average molecular weight is 263 g/mol. The first-order chi connectivity index (χ1) is 7.39. The number of benzene rings is 1. The molecule has 1 amide bonds. The van der Waals surface area contributed by atoms with E-state index in [1.54, 1.807) is 0 Å². The van der Waals surface area contributed by atoms with Gasteiger partial charge in [0.05, 0.1) is 16.1 Å². The summed E-state index contributed by atoms with van der Waals surface area (Å²) in [6.45, 7) is 0.138. The van der Waals surface area contributed by atoms with Gasteiger partial charge in [-0.2, -0.15) is 8.42 Å². The van der Waals surface area contributed by atoms with Crippen LogP contribution in [0.15, 0.2) is 23.1 Å². The zero-order valence-corrected chi connectivity index (χ0v) is 9.42. The lowest BCUT2D eigenvalue weighted by molar-refractivity contribution is 0.0950. The predicted octanol–water partition coefficient (Wildman–Crippen LogP) is 0.594. The number of rotatable bonds is 1. The second-order valence-electron chi connectivity index (χ2n) is 3.18. The Kier molecular flexibility index (Phi) is 2.53. The van der Waals surface area contributed by atoms with Gasteiger partial charge in [-0.25, -0.2) is 0 Å². The number of nitrogens with zero attached hydrogens (tertiary/aromatic N) is 1. The van der Waals surface area contributed by atoms with Crippen molar-refractivity contribution in [2.75, 3.05) is 11.1 Å². The van der Waals surface area contributed by atoms with Crippen LogP contribution in [0.25, 0.3) is 0 Å². The molecule has 2 rings (SSSR count). The van der Waals surface area contributed by atoms with Crippen molar-refractivity contribution in [3.8, 4) is 0 Å². The molecule has 0 aliphatic carbocycles. The first-order valence-corrected chi connectivity index (χ1v) is 6.00. The van der Waals surface area contributed by atoms with E-state index in [0.717, 1.165) is 6.07 Å². The molecule has 0 atom stereocenters. The van der Waals surface area contributed by atoms with Crippen molar-refractivity contribution in [3.63, 3.8) is 0 Å². The van der Waals surface area contributed by atoms with Crippen molar-refractivity contribution >= 4 is 33.5 Å². The summed E-state index contributed by atoms with van der Waals surface area (Å²) in [5, 5.41) is 2.45. The van der Waals surface area contributed by atoms with Gasteiger partial charge >= 0.3 is 0 Å². The average Bonchev–Trinajstić information content (AvgIpc) is 2.22. The highest BCUT2D eigenvalue weighted by molar-refractivity contribution is 7.85. The zero-order valence-electron chi connectivity index (χ0n) is 7.84. The van der Waals surface area contributed by atoms with Crippen LogP contribution in [0, 0.1) is 0 Å². The monoisotopic (exact) mass is 262 g/mol.